The number of H-pyrrole nitrogens is 1. The van der Waals surface area contributed by atoms with Gasteiger partial charge in [-0.15, -0.1) is 0 Å². The number of aromatic amines is 1. The molecule has 1 aliphatic heterocycles. The van der Waals surface area contributed by atoms with Crippen molar-refractivity contribution < 1.29 is 0 Å². The first-order valence-corrected chi connectivity index (χ1v) is 9.95. The summed E-state index contributed by atoms with van der Waals surface area (Å²) in [5.74, 6) is 0.668. The summed E-state index contributed by atoms with van der Waals surface area (Å²) in [7, 11) is 2.18. The van der Waals surface area contributed by atoms with E-state index in [9.17, 15) is 0 Å². The van der Waals surface area contributed by atoms with Gasteiger partial charge in [0.25, 0.3) is 0 Å². The molecule has 1 aliphatic rings. The van der Waals surface area contributed by atoms with E-state index in [1.54, 1.807) is 0 Å². The van der Waals surface area contributed by atoms with Gasteiger partial charge in [-0.25, -0.2) is 9.50 Å². The van der Waals surface area contributed by atoms with Crippen LogP contribution in [-0.4, -0.2) is 56.4 Å². The van der Waals surface area contributed by atoms with Gasteiger partial charge in [-0.3, -0.25) is 5.10 Å². The molecule has 4 aromatic rings. The summed E-state index contributed by atoms with van der Waals surface area (Å²) in [5, 5.41) is 16.6. The second-order valence-electron chi connectivity index (χ2n) is 7.56. The molecule has 3 aromatic heterocycles. The van der Waals surface area contributed by atoms with Crippen molar-refractivity contribution in [3.05, 3.63) is 41.8 Å². The molecule has 1 saturated heterocycles. The van der Waals surface area contributed by atoms with Crippen molar-refractivity contribution in [3.8, 4) is 11.3 Å². The summed E-state index contributed by atoms with van der Waals surface area (Å²) < 4.78 is 1.82. The molecule has 5 rings (SSSR count). The summed E-state index contributed by atoms with van der Waals surface area (Å²) in [4.78, 5) is 7.01. The van der Waals surface area contributed by atoms with Crippen LogP contribution in [0.15, 0.2) is 36.7 Å². The molecule has 8 heteroatoms. The minimum atomic E-state index is 0.446. The fraction of sp³-hybridized carbons (Fsp3) is 0.350. The number of fused-ring (bicyclic) bond motifs is 2. The van der Waals surface area contributed by atoms with Crippen LogP contribution in [0.5, 0.6) is 0 Å². The van der Waals surface area contributed by atoms with Gasteiger partial charge in [-0.2, -0.15) is 10.2 Å². The molecule has 4 heterocycles. The van der Waals surface area contributed by atoms with Crippen molar-refractivity contribution in [2.24, 2.45) is 5.92 Å². The van der Waals surface area contributed by atoms with E-state index in [4.69, 9.17) is 11.6 Å². The second-order valence-corrected chi connectivity index (χ2v) is 7.95. The molecule has 0 atom stereocenters. The van der Waals surface area contributed by atoms with Crippen molar-refractivity contribution in [1.29, 1.82) is 0 Å². The predicted octanol–water partition coefficient (Wildman–Crippen LogP) is 3.68. The van der Waals surface area contributed by atoms with Gasteiger partial charge in [0.1, 0.15) is 0 Å². The molecule has 1 fully saturated rings. The van der Waals surface area contributed by atoms with E-state index >= 15 is 0 Å². The van der Waals surface area contributed by atoms with Gasteiger partial charge in [0, 0.05) is 23.6 Å². The zero-order valence-electron chi connectivity index (χ0n) is 15.7. The maximum absolute atomic E-state index is 6.34. The second kappa shape index (κ2) is 7.07. The molecular formula is C20H22ClN7. The molecular weight excluding hydrogens is 374 g/mol. The molecule has 0 spiro atoms. The van der Waals surface area contributed by atoms with Crippen LogP contribution in [0.4, 0.5) is 5.69 Å². The Balaban J connectivity index is 1.46. The lowest BCUT2D eigenvalue weighted by Gasteiger charge is -2.29. The molecule has 0 radical (unpaired) electrons. The topological polar surface area (TPSA) is 74.1 Å². The Kier molecular flexibility index (Phi) is 4.41. The van der Waals surface area contributed by atoms with Crippen LogP contribution in [0.25, 0.3) is 27.8 Å². The third-order valence-corrected chi connectivity index (χ3v) is 5.78. The van der Waals surface area contributed by atoms with Crippen molar-refractivity contribution in [2.45, 2.75) is 12.8 Å². The van der Waals surface area contributed by atoms with Gasteiger partial charge in [-0.05, 0) is 51.0 Å². The summed E-state index contributed by atoms with van der Waals surface area (Å²) in [5.41, 5.74) is 4.65. The van der Waals surface area contributed by atoms with Crippen LogP contribution in [-0.2, 0) is 0 Å². The lowest BCUT2D eigenvalue weighted by molar-refractivity contribution is 0.226. The lowest BCUT2D eigenvalue weighted by Crippen LogP contribution is -2.33. The molecule has 0 amide bonds. The van der Waals surface area contributed by atoms with E-state index in [1.807, 2.05) is 35.1 Å². The Hall–Kier alpha value is -2.64. The Labute approximate surface area is 167 Å². The van der Waals surface area contributed by atoms with Gasteiger partial charge in [0.15, 0.2) is 10.8 Å². The van der Waals surface area contributed by atoms with E-state index in [0.29, 0.717) is 11.1 Å². The van der Waals surface area contributed by atoms with Crippen molar-refractivity contribution in [3.63, 3.8) is 0 Å². The minimum absolute atomic E-state index is 0.446. The average Bonchev–Trinajstić information content (AvgIpc) is 3.33. The lowest BCUT2D eigenvalue weighted by atomic mass is 9.97. The molecule has 144 valence electrons. The summed E-state index contributed by atoms with van der Waals surface area (Å²) >= 11 is 6.34. The normalized spacial score (nSPS) is 16.2. The number of halogens is 1. The summed E-state index contributed by atoms with van der Waals surface area (Å²) in [6.45, 7) is 3.23. The van der Waals surface area contributed by atoms with Crippen LogP contribution in [0.1, 0.15) is 12.8 Å². The highest BCUT2D eigenvalue weighted by Crippen LogP contribution is 2.28. The number of rotatable bonds is 4. The van der Waals surface area contributed by atoms with Gasteiger partial charge in [0.2, 0.25) is 0 Å². The zero-order valence-corrected chi connectivity index (χ0v) is 16.4. The highest BCUT2D eigenvalue weighted by Gasteiger charge is 2.18. The average molecular weight is 396 g/mol. The van der Waals surface area contributed by atoms with Crippen LogP contribution < -0.4 is 5.32 Å². The largest absolute Gasteiger partial charge is 0.382 e. The molecule has 0 aliphatic carbocycles. The number of piperidine rings is 1. The van der Waals surface area contributed by atoms with Crippen LogP contribution in [0, 0.1) is 5.92 Å². The summed E-state index contributed by atoms with van der Waals surface area (Å²) in [6, 6.07) is 8.00. The highest BCUT2D eigenvalue weighted by molar-refractivity contribution is 6.29. The molecule has 0 bridgehead atoms. The molecule has 0 saturated carbocycles. The molecule has 1 aromatic carbocycles. The molecule has 28 heavy (non-hydrogen) atoms. The van der Waals surface area contributed by atoms with Gasteiger partial charge >= 0.3 is 0 Å². The van der Waals surface area contributed by atoms with Gasteiger partial charge in [-0.1, -0.05) is 17.7 Å². The standard InChI is InChI=1S/C20H22ClN7/c1-27-6-4-13(5-7-27)10-22-17-9-19(21)26-28-18(12-23-20(17)28)14-2-3-16-15(8-14)11-24-25-16/h2-3,8-9,11-13,22H,4-7,10H2,1H3,(H,24,25). The number of nitrogens with zero attached hydrogens (tertiary/aromatic N) is 5. The van der Waals surface area contributed by atoms with Crippen molar-refractivity contribution in [1.82, 2.24) is 29.7 Å². The smallest absolute Gasteiger partial charge is 0.177 e. The Bertz CT molecular complexity index is 1120. The number of likely N-dealkylation sites (tertiary alicyclic amines) is 1. The van der Waals surface area contributed by atoms with E-state index < -0.39 is 0 Å². The molecule has 2 N–H and O–H groups in total. The molecule has 7 nitrogen and oxygen atoms in total. The maximum Gasteiger partial charge on any atom is 0.177 e. The van der Waals surface area contributed by atoms with E-state index in [0.717, 1.165) is 53.1 Å². The predicted molar refractivity (Wildman–Crippen MR) is 112 cm³/mol. The number of imidazole rings is 1. The first kappa shape index (κ1) is 17.5. The minimum Gasteiger partial charge on any atom is -0.382 e. The van der Waals surface area contributed by atoms with Crippen LogP contribution in [0.2, 0.25) is 5.15 Å². The SMILES string of the molecule is CN1CCC(CNc2cc(Cl)nn3c(-c4ccc5[nH]ncc5c4)cnc23)CC1. The number of benzene rings is 1. The quantitative estimate of drug-likeness (QED) is 0.551. The summed E-state index contributed by atoms with van der Waals surface area (Å²) in [6.07, 6.45) is 6.09. The number of hydrogen-bond donors (Lipinski definition) is 2. The first-order chi connectivity index (χ1) is 13.7. The van der Waals surface area contributed by atoms with Crippen LogP contribution in [0.3, 0.4) is 0 Å². The Morgan fingerprint density at radius 1 is 1.21 bits per heavy atom. The number of hydrogen-bond acceptors (Lipinski definition) is 5. The van der Waals surface area contributed by atoms with Gasteiger partial charge in [0.05, 0.1) is 29.3 Å². The number of aromatic nitrogens is 5. The monoisotopic (exact) mass is 395 g/mol. The highest BCUT2D eigenvalue weighted by atomic mass is 35.5. The van der Waals surface area contributed by atoms with Crippen molar-refractivity contribution >= 4 is 33.8 Å². The zero-order chi connectivity index (χ0) is 19.1. The fourth-order valence-corrected chi connectivity index (χ4v) is 4.07. The van der Waals surface area contributed by atoms with E-state index in [2.05, 4.69) is 43.6 Å². The number of anilines is 1. The van der Waals surface area contributed by atoms with Gasteiger partial charge < -0.3 is 10.2 Å². The first-order valence-electron chi connectivity index (χ1n) is 9.57. The fourth-order valence-electron chi connectivity index (χ4n) is 3.89. The Morgan fingerprint density at radius 3 is 2.93 bits per heavy atom. The number of nitrogens with one attached hydrogen (secondary N) is 2. The third kappa shape index (κ3) is 3.21. The van der Waals surface area contributed by atoms with Crippen molar-refractivity contribution in [2.75, 3.05) is 32.0 Å². The van der Waals surface area contributed by atoms with E-state index in [1.165, 1.54) is 12.8 Å². The third-order valence-electron chi connectivity index (χ3n) is 5.59. The van der Waals surface area contributed by atoms with Crippen LogP contribution >= 0.6 is 11.6 Å². The van der Waals surface area contributed by atoms with E-state index in [-0.39, 0.29) is 0 Å². The maximum atomic E-state index is 6.34. The Morgan fingerprint density at radius 2 is 2.07 bits per heavy atom. The molecule has 0 unspecified atom stereocenters.